The van der Waals surface area contributed by atoms with Crippen molar-refractivity contribution >= 4 is 46.3 Å². The van der Waals surface area contributed by atoms with E-state index < -0.39 is 22.8 Å². The Morgan fingerprint density at radius 2 is 2.06 bits per heavy atom. The number of carbonyl (C=O) groups excluding carboxylic acids is 1. The van der Waals surface area contributed by atoms with Gasteiger partial charge in [-0.15, -0.1) is 0 Å². The number of nitro groups is 1. The lowest BCUT2D eigenvalue weighted by atomic mass is 9.94. The van der Waals surface area contributed by atoms with Gasteiger partial charge in [0, 0.05) is 30.6 Å². The minimum absolute atomic E-state index is 0.0145. The molecular formula is C21H19ClFN3O5S. The number of rotatable bonds is 7. The van der Waals surface area contributed by atoms with Crippen molar-refractivity contribution in [3.8, 4) is 0 Å². The van der Waals surface area contributed by atoms with E-state index in [2.05, 4.69) is 5.32 Å². The molecule has 0 aromatic heterocycles. The van der Waals surface area contributed by atoms with Crippen LogP contribution in [0.5, 0.6) is 0 Å². The Kier molecular flexibility index (Phi) is 7.39. The van der Waals surface area contributed by atoms with E-state index in [-0.39, 0.29) is 34.6 Å². The average Bonchev–Trinajstić information content (AvgIpc) is 2.76. The Bertz CT molecular complexity index is 1110. The van der Waals surface area contributed by atoms with Gasteiger partial charge in [0.15, 0.2) is 5.11 Å². The maximum atomic E-state index is 13.7. The molecule has 0 amide bonds. The number of nitro benzene ring substituents is 1. The molecule has 1 heterocycles. The smallest absolute Gasteiger partial charge is 0.338 e. The first kappa shape index (κ1) is 23.6. The SMILES string of the molecule is COCCOC(=O)C1=C(C)N(c2ccc(F)c(Cl)c2)C(=S)NC1c1cccc([N+](=O)[O-])c1. The summed E-state index contributed by atoms with van der Waals surface area (Å²) in [6.45, 7) is 1.87. The monoisotopic (exact) mass is 479 g/mol. The molecule has 2 aromatic carbocycles. The number of halogens is 2. The predicted molar refractivity (Wildman–Crippen MR) is 121 cm³/mol. The number of benzene rings is 2. The normalized spacial score (nSPS) is 16.1. The van der Waals surface area contributed by atoms with Crippen molar-refractivity contribution in [1.29, 1.82) is 0 Å². The standard InChI is InChI=1S/C21H19ClFN3O5S/c1-12-18(20(27)31-9-8-30-2)19(13-4-3-5-15(10-13)26(28)29)24-21(32)25(12)14-6-7-17(23)16(22)11-14/h3-7,10-11,19H,8-9H2,1-2H3,(H,24,32). The summed E-state index contributed by atoms with van der Waals surface area (Å²) in [5.41, 5.74) is 1.36. The minimum atomic E-state index is -0.801. The maximum absolute atomic E-state index is 13.7. The first-order chi connectivity index (χ1) is 15.2. The zero-order chi connectivity index (χ0) is 23.4. The van der Waals surface area contributed by atoms with E-state index in [1.807, 2.05) is 0 Å². The highest BCUT2D eigenvalue weighted by molar-refractivity contribution is 7.80. The molecule has 1 aliphatic rings. The van der Waals surface area contributed by atoms with Gasteiger partial charge >= 0.3 is 5.97 Å². The molecule has 0 fully saturated rings. The molecule has 1 N–H and O–H groups in total. The largest absolute Gasteiger partial charge is 0.460 e. The molecule has 2 aromatic rings. The molecule has 0 saturated carbocycles. The predicted octanol–water partition coefficient (Wildman–Crippen LogP) is 4.29. The van der Waals surface area contributed by atoms with Crippen molar-refractivity contribution in [1.82, 2.24) is 5.32 Å². The number of nitrogens with one attached hydrogen (secondary N) is 1. The summed E-state index contributed by atoms with van der Waals surface area (Å²) in [4.78, 5) is 25.3. The van der Waals surface area contributed by atoms with E-state index in [1.165, 1.54) is 48.4 Å². The van der Waals surface area contributed by atoms with Crippen molar-refractivity contribution in [3.63, 3.8) is 0 Å². The maximum Gasteiger partial charge on any atom is 0.338 e. The molecular weight excluding hydrogens is 461 g/mol. The van der Waals surface area contributed by atoms with Gasteiger partial charge in [-0.25, -0.2) is 9.18 Å². The molecule has 0 aliphatic carbocycles. The summed E-state index contributed by atoms with van der Waals surface area (Å²) in [6.07, 6.45) is 0. The Hall–Kier alpha value is -3.08. The number of allylic oxidation sites excluding steroid dienone is 1. The number of hydrogen-bond donors (Lipinski definition) is 1. The minimum Gasteiger partial charge on any atom is -0.460 e. The van der Waals surface area contributed by atoms with Crippen LogP contribution in [-0.4, -0.2) is 36.3 Å². The number of methoxy groups -OCH3 is 1. The molecule has 1 unspecified atom stereocenters. The first-order valence-electron chi connectivity index (χ1n) is 9.41. The highest BCUT2D eigenvalue weighted by atomic mass is 35.5. The third-order valence-corrected chi connectivity index (χ3v) is 5.39. The Balaban J connectivity index is 2.11. The van der Waals surface area contributed by atoms with E-state index in [4.69, 9.17) is 33.3 Å². The topological polar surface area (TPSA) is 93.9 Å². The van der Waals surface area contributed by atoms with E-state index >= 15 is 0 Å². The number of non-ortho nitro benzene ring substituents is 1. The van der Waals surface area contributed by atoms with Crippen LogP contribution < -0.4 is 10.2 Å². The molecule has 11 heteroatoms. The molecule has 8 nitrogen and oxygen atoms in total. The van der Waals surface area contributed by atoms with E-state index in [1.54, 1.807) is 13.0 Å². The highest BCUT2D eigenvalue weighted by Crippen LogP contribution is 2.36. The Morgan fingerprint density at radius 1 is 1.31 bits per heavy atom. The van der Waals surface area contributed by atoms with Gasteiger partial charge in [-0.3, -0.25) is 15.0 Å². The van der Waals surface area contributed by atoms with Crippen molar-refractivity contribution in [3.05, 3.63) is 80.3 Å². The fourth-order valence-corrected chi connectivity index (χ4v) is 3.84. The Labute approximate surface area is 193 Å². The van der Waals surface area contributed by atoms with Gasteiger partial charge in [0.25, 0.3) is 5.69 Å². The number of esters is 1. The van der Waals surface area contributed by atoms with Gasteiger partial charge in [-0.1, -0.05) is 23.7 Å². The van der Waals surface area contributed by atoms with E-state index in [0.29, 0.717) is 16.9 Å². The number of anilines is 1. The van der Waals surface area contributed by atoms with Crippen LogP contribution in [-0.2, 0) is 14.3 Å². The second kappa shape index (κ2) is 10.0. The molecule has 1 atom stereocenters. The van der Waals surface area contributed by atoms with E-state index in [0.717, 1.165) is 0 Å². The number of nitrogens with zero attached hydrogens (tertiary/aromatic N) is 2. The summed E-state index contributed by atoms with van der Waals surface area (Å²) in [6, 6.07) is 9.13. The summed E-state index contributed by atoms with van der Waals surface area (Å²) >= 11 is 11.4. The summed E-state index contributed by atoms with van der Waals surface area (Å²) in [7, 11) is 1.48. The average molecular weight is 480 g/mol. The van der Waals surface area contributed by atoms with Crippen LogP contribution in [0.15, 0.2) is 53.7 Å². The van der Waals surface area contributed by atoms with Gasteiger partial charge in [0.1, 0.15) is 12.4 Å². The molecule has 32 heavy (non-hydrogen) atoms. The molecule has 1 aliphatic heterocycles. The molecule has 3 rings (SSSR count). The second-order valence-corrected chi connectivity index (χ2v) is 7.59. The number of thiocarbonyl (C=S) groups is 1. The third kappa shape index (κ3) is 4.87. The lowest BCUT2D eigenvalue weighted by Gasteiger charge is -2.37. The lowest BCUT2D eigenvalue weighted by molar-refractivity contribution is -0.384. The molecule has 168 valence electrons. The van der Waals surface area contributed by atoms with Gasteiger partial charge in [-0.2, -0.15) is 0 Å². The van der Waals surface area contributed by atoms with Crippen LogP contribution >= 0.6 is 23.8 Å². The quantitative estimate of drug-likeness (QED) is 0.207. The highest BCUT2D eigenvalue weighted by Gasteiger charge is 2.36. The number of hydrogen-bond acceptors (Lipinski definition) is 6. The Morgan fingerprint density at radius 3 is 2.72 bits per heavy atom. The molecule has 0 spiro atoms. The summed E-state index contributed by atoms with van der Waals surface area (Å²) < 4.78 is 23.9. The van der Waals surface area contributed by atoms with Crippen LogP contribution in [0.4, 0.5) is 15.8 Å². The van der Waals surface area contributed by atoms with Gasteiger partial charge in [-0.05, 0) is 42.9 Å². The van der Waals surface area contributed by atoms with Crippen LogP contribution in [0, 0.1) is 15.9 Å². The zero-order valence-corrected chi connectivity index (χ0v) is 18.7. The second-order valence-electron chi connectivity index (χ2n) is 6.80. The van der Waals surface area contributed by atoms with Crippen LogP contribution in [0.1, 0.15) is 18.5 Å². The molecule has 0 saturated heterocycles. The van der Waals surface area contributed by atoms with Crippen LogP contribution in [0.2, 0.25) is 5.02 Å². The number of carbonyl (C=O) groups is 1. The summed E-state index contributed by atoms with van der Waals surface area (Å²) in [5, 5.41) is 14.4. The summed E-state index contributed by atoms with van der Waals surface area (Å²) in [5.74, 6) is -1.24. The molecule has 0 radical (unpaired) electrons. The zero-order valence-electron chi connectivity index (χ0n) is 17.1. The number of ether oxygens (including phenoxy) is 2. The molecule has 0 bridgehead atoms. The fraction of sp³-hybridized carbons (Fsp3) is 0.238. The van der Waals surface area contributed by atoms with Gasteiger partial charge in [0.2, 0.25) is 0 Å². The first-order valence-corrected chi connectivity index (χ1v) is 10.2. The van der Waals surface area contributed by atoms with Crippen molar-refractivity contribution in [2.45, 2.75) is 13.0 Å². The third-order valence-electron chi connectivity index (χ3n) is 4.80. The van der Waals surface area contributed by atoms with Crippen molar-refractivity contribution < 1.29 is 23.6 Å². The lowest BCUT2D eigenvalue weighted by Crippen LogP contribution is -2.48. The fourth-order valence-electron chi connectivity index (χ4n) is 3.31. The van der Waals surface area contributed by atoms with Crippen LogP contribution in [0.25, 0.3) is 0 Å². The van der Waals surface area contributed by atoms with Gasteiger partial charge < -0.3 is 14.8 Å². The van der Waals surface area contributed by atoms with Gasteiger partial charge in [0.05, 0.1) is 28.2 Å². The van der Waals surface area contributed by atoms with E-state index in [9.17, 15) is 19.3 Å². The van der Waals surface area contributed by atoms with Crippen molar-refractivity contribution in [2.75, 3.05) is 25.2 Å². The van der Waals surface area contributed by atoms with Crippen molar-refractivity contribution in [2.24, 2.45) is 0 Å². The van der Waals surface area contributed by atoms with Crippen LogP contribution in [0.3, 0.4) is 0 Å².